The van der Waals surface area contributed by atoms with Crippen molar-refractivity contribution in [2.75, 3.05) is 14.1 Å². The minimum absolute atomic E-state index is 0.287. The normalized spacial score (nSPS) is 18.8. The van der Waals surface area contributed by atoms with Crippen LogP contribution in [-0.4, -0.2) is 30.3 Å². The average molecular weight is 273 g/mol. The number of benzene rings is 1. The first kappa shape index (κ1) is 15.2. The van der Waals surface area contributed by atoms with E-state index >= 15 is 0 Å². The second-order valence-electron chi connectivity index (χ2n) is 6.22. The lowest BCUT2D eigenvalue weighted by molar-refractivity contribution is 0.0635. The minimum Gasteiger partial charge on any atom is -0.297 e. The zero-order valence-electron chi connectivity index (χ0n) is 13.1. The highest BCUT2D eigenvalue weighted by molar-refractivity contribution is 6.03. The summed E-state index contributed by atoms with van der Waals surface area (Å²) in [5.41, 5.74) is 1.88. The molecule has 2 heteroatoms. The van der Waals surface area contributed by atoms with Crippen LogP contribution < -0.4 is 0 Å². The monoisotopic (exact) mass is 273 g/mol. The van der Waals surface area contributed by atoms with Crippen LogP contribution in [0.3, 0.4) is 0 Å². The molecule has 20 heavy (non-hydrogen) atoms. The zero-order chi connectivity index (χ0) is 14.6. The van der Waals surface area contributed by atoms with E-state index in [0.29, 0.717) is 5.78 Å². The molecular weight excluding hydrogens is 246 g/mol. The lowest BCUT2D eigenvalue weighted by atomic mass is 9.81. The summed E-state index contributed by atoms with van der Waals surface area (Å²) < 4.78 is 0. The number of aryl methyl sites for hydroxylation is 1. The van der Waals surface area contributed by atoms with Crippen molar-refractivity contribution in [2.24, 2.45) is 0 Å². The maximum absolute atomic E-state index is 13.1. The molecular formula is C18H27NO. The van der Waals surface area contributed by atoms with Crippen molar-refractivity contribution < 1.29 is 4.79 Å². The van der Waals surface area contributed by atoms with Gasteiger partial charge in [-0.2, -0.15) is 0 Å². The first-order valence-electron chi connectivity index (χ1n) is 7.91. The van der Waals surface area contributed by atoms with Crippen molar-refractivity contribution in [1.29, 1.82) is 0 Å². The summed E-state index contributed by atoms with van der Waals surface area (Å²) in [6, 6.07) is 8.20. The highest BCUT2D eigenvalue weighted by Crippen LogP contribution is 2.34. The van der Waals surface area contributed by atoms with E-state index in [2.05, 4.69) is 38.1 Å². The van der Waals surface area contributed by atoms with Gasteiger partial charge in [-0.25, -0.2) is 0 Å². The number of carbonyl (C=O) groups is 1. The fourth-order valence-electron chi connectivity index (χ4n) is 3.35. The van der Waals surface area contributed by atoms with Gasteiger partial charge in [0.25, 0.3) is 0 Å². The minimum atomic E-state index is -0.287. The number of hydrogen-bond donors (Lipinski definition) is 0. The Morgan fingerprint density at radius 2 is 1.60 bits per heavy atom. The van der Waals surface area contributed by atoms with Gasteiger partial charge in [0.2, 0.25) is 0 Å². The highest BCUT2D eigenvalue weighted by Gasteiger charge is 2.40. The molecule has 1 aliphatic carbocycles. The van der Waals surface area contributed by atoms with E-state index in [1.54, 1.807) is 0 Å². The second-order valence-corrected chi connectivity index (χ2v) is 6.22. The molecule has 0 heterocycles. The molecule has 0 radical (unpaired) electrons. The van der Waals surface area contributed by atoms with Crippen molar-refractivity contribution in [3.8, 4) is 0 Å². The third-order valence-corrected chi connectivity index (χ3v) is 4.83. The summed E-state index contributed by atoms with van der Waals surface area (Å²) in [4.78, 5) is 15.2. The summed E-state index contributed by atoms with van der Waals surface area (Å²) >= 11 is 0. The van der Waals surface area contributed by atoms with E-state index in [9.17, 15) is 4.79 Å². The second kappa shape index (κ2) is 6.53. The first-order chi connectivity index (χ1) is 9.60. The fraction of sp³-hybridized carbons (Fsp3) is 0.611. The summed E-state index contributed by atoms with van der Waals surface area (Å²) in [5.74, 6) is 0.312. The molecule has 1 saturated carbocycles. The molecule has 2 rings (SSSR count). The van der Waals surface area contributed by atoms with Crippen LogP contribution in [0.5, 0.6) is 0 Å². The van der Waals surface area contributed by atoms with Gasteiger partial charge in [0.15, 0.2) is 5.78 Å². The van der Waals surface area contributed by atoms with Gasteiger partial charge in [0.05, 0.1) is 5.54 Å². The van der Waals surface area contributed by atoms with Crippen molar-refractivity contribution in [1.82, 2.24) is 4.90 Å². The number of ketones is 1. The Balaban J connectivity index is 2.29. The van der Waals surface area contributed by atoms with Crippen molar-refractivity contribution in [3.63, 3.8) is 0 Å². The maximum Gasteiger partial charge on any atom is 0.183 e. The lowest BCUT2D eigenvalue weighted by Crippen LogP contribution is -2.50. The Morgan fingerprint density at radius 1 is 1.05 bits per heavy atom. The zero-order valence-corrected chi connectivity index (χ0v) is 13.1. The standard InChI is InChI=1S/C18H27NO/c1-4-15-9-11-16(12-10-15)17(20)18(19(2)3)13-7-5-6-8-14-18/h9-12H,4-8,13-14H2,1-3H3. The van der Waals surface area contributed by atoms with Gasteiger partial charge < -0.3 is 0 Å². The van der Waals surface area contributed by atoms with Gasteiger partial charge in [0.1, 0.15) is 0 Å². The Kier molecular flexibility index (Phi) is 4.98. The Hall–Kier alpha value is -1.15. The number of Topliss-reactive ketones (excluding diaryl/α,β-unsaturated/α-hetero) is 1. The number of hydrogen-bond acceptors (Lipinski definition) is 2. The molecule has 0 N–H and O–H groups in total. The van der Waals surface area contributed by atoms with Gasteiger partial charge in [-0.1, -0.05) is 56.9 Å². The van der Waals surface area contributed by atoms with Crippen molar-refractivity contribution in [3.05, 3.63) is 35.4 Å². The summed E-state index contributed by atoms with van der Waals surface area (Å²) in [6.07, 6.45) is 7.86. The van der Waals surface area contributed by atoms with Crippen LogP contribution in [0.2, 0.25) is 0 Å². The summed E-state index contributed by atoms with van der Waals surface area (Å²) in [5, 5.41) is 0. The largest absolute Gasteiger partial charge is 0.297 e. The quantitative estimate of drug-likeness (QED) is 0.608. The number of likely N-dealkylation sites (N-methyl/N-ethyl adjacent to an activating group) is 1. The van der Waals surface area contributed by atoms with Crippen LogP contribution in [0.4, 0.5) is 0 Å². The molecule has 0 saturated heterocycles. The van der Waals surface area contributed by atoms with E-state index in [4.69, 9.17) is 0 Å². The molecule has 0 aromatic heterocycles. The molecule has 2 nitrogen and oxygen atoms in total. The van der Waals surface area contributed by atoms with E-state index in [1.807, 2.05) is 12.1 Å². The lowest BCUT2D eigenvalue weighted by Gasteiger charge is -2.38. The SMILES string of the molecule is CCc1ccc(C(=O)C2(N(C)C)CCCCCC2)cc1. The Labute approximate surface area is 123 Å². The third-order valence-electron chi connectivity index (χ3n) is 4.83. The number of carbonyl (C=O) groups excluding carboxylic acids is 1. The van der Waals surface area contributed by atoms with Crippen molar-refractivity contribution >= 4 is 5.78 Å². The number of rotatable bonds is 4. The molecule has 0 unspecified atom stereocenters. The molecule has 0 atom stereocenters. The smallest absolute Gasteiger partial charge is 0.183 e. The van der Waals surface area contributed by atoms with Gasteiger partial charge in [-0.15, -0.1) is 0 Å². The molecule has 0 bridgehead atoms. The van der Waals surface area contributed by atoms with E-state index in [1.165, 1.54) is 18.4 Å². The van der Waals surface area contributed by atoms with Crippen LogP contribution in [0.25, 0.3) is 0 Å². The van der Waals surface area contributed by atoms with E-state index in [0.717, 1.165) is 37.7 Å². The molecule has 0 spiro atoms. The van der Waals surface area contributed by atoms with Crippen molar-refractivity contribution in [2.45, 2.75) is 57.4 Å². The molecule has 1 aliphatic rings. The third kappa shape index (κ3) is 2.95. The molecule has 0 amide bonds. The van der Waals surface area contributed by atoms with E-state index in [-0.39, 0.29) is 5.54 Å². The topological polar surface area (TPSA) is 20.3 Å². The highest BCUT2D eigenvalue weighted by atomic mass is 16.1. The molecule has 1 aromatic carbocycles. The van der Waals surface area contributed by atoms with Crippen LogP contribution in [0.15, 0.2) is 24.3 Å². The predicted molar refractivity (Wildman–Crippen MR) is 84.3 cm³/mol. The Morgan fingerprint density at radius 3 is 2.05 bits per heavy atom. The maximum atomic E-state index is 13.1. The van der Waals surface area contributed by atoms with Crippen LogP contribution in [-0.2, 0) is 6.42 Å². The molecule has 110 valence electrons. The van der Waals surface area contributed by atoms with Crippen LogP contribution in [0, 0.1) is 0 Å². The van der Waals surface area contributed by atoms with Gasteiger partial charge >= 0.3 is 0 Å². The summed E-state index contributed by atoms with van der Waals surface area (Å²) in [7, 11) is 4.12. The molecule has 1 aromatic rings. The van der Waals surface area contributed by atoms with Crippen LogP contribution >= 0.6 is 0 Å². The van der Waals surface area contributed by atoms with Crippen LogP contribution in [0.1, 0.15) is 61.4 Å². The predicted octanol–water partition coefficient (Wildman–Crippen LogP) is 4.09. The fourth-order valence-corrected chi connectivity index (χ4v) is 3.35. The number of nitrogens with zero attached hydrogens (tertiary/aromatic N) is 1. The average Bonchev–Trinajstić information content (AvgIpc) is 2.73. The summed E-state index contributed by atoms with van der Waals surface area (Å²) in [6.45, 7) is 2.14. The first-order valence-corrected chi connectivity index (χ1v) is 7.91. The molecule has 1 fully saturated rings. The van der Waals surface area contributed by atoms with Gasteiger partial charge in [-0.05, 0) is 38.9 Å². The molecule has 0 aliphatic heterocycles. The van der Waals surface area contributed by atoms with Gasteiger partial charge in [-0.3, -0.25) is 9.69 Å². The van der Waals surface area contributed by atoms with Gasteiger partial charge in [0, 0.05) is 5.56 Å². The van der Waals surface area contributed by atoms with E-state index < -0.39 is 0 Å². The Bertz CT molecular complexity index is 439.